The standard InChI is InChI=1S/C14H9Cl3FNO/c15-8-3-1-2-7(14(8)17)13-6-19-11-4-9(16)10(18)5-12(11)20-13/h1-5,13,19H,6H2. The number of fused-ring (bicyclic) bond motifs is 1. The monoisotopic (exact) mass is 331 g/mol. The Morgan fingerprint density at radius 2 is 1.95 bits per heavy atom. The van der Waals surface area contributed by atoms with E-state index in [-0.39, 0.29) is 11.1 Å². The van der Waals surface area contributed by atoms with Crippen LogP contribution in [0.4, 0.5) is 10.1 Å². The van der Waals surface area contributed by atoms with Gasteiger partial charge in [0.05, 0.1) is 27.3 Å². The van der Waals surface area contributed by atoms with Crippen molar-refractivity contribution in [3.8, 4) is 5.75 Å². The second kappa shape index (κ2) is 5.32. The maximum Gasteiger partial charge on any atom is 0.146 e. The molecule has 1 aliphatic heterocycles. The summed E-state index contributed by atoms with van der Waals surface area (Å²) in [5, 5.41) is 4.11. The van der Waals surface area contributed by atoms with Crippen LogP contribution in [0.15, 0.2) is 30.3 Å². The second-order valence-electron chi connectivity index (χ2n) is 4.39. The highest BCUT2D eigenvalue weighted by atomic mass is 35.5. The van der Waals surface area contributed by atoms with Crippen molar-refractivity contribution in [2.75, 3.05) is 11.9 Å². The second-order valence-corrected chi connectivity index (χ2v) is 5.59. The van der Waals surface area contributed by atoms with E-state index in [1.807, 2.05) is 6.07 Å². The van der Waals surface area contributed by atoms with Gasteiger partial charge in [-0.15, -0.1) is 0 Å². The predicted molar refractivity (Wildman–Crippen MR) is 79.7 cm³/mol. The van der Waals surface area contributed by atoms with Crippen molar-refractivity contribution < 1.29 is 9.13 Å². The quantitative estimate of drug-likeness (QED) is 0.762. The molecule has 2 aromatic rings. The maximum absolute atomic E-state index is 13.5. The Bertz CT molecular complexity index is 678. The van der Waals surface area contributed by atoms with E-state index in [4.69, 9.17) is 39.5 Å². The highest BCUT2D eigenvalue weighted by molar-refractivity contribution is 6.42. The number of rotatable bonds is 1. The molecule has 0 radical (unpaired) electrons. The van der Waals surface area contributed by atoms with Gasteiger partial charge in [0.25, 0.3) is 0 Å². The van der Waals surface area contributed by atoms with Gasteiger partial charge in [-0.25, -0.2) is 4.39 Å². The molecule has 1 heterocycles. The van der Waals surface area contributed by atoms with E-state index in [1.165, 1.54) is 12.1 Å². The number of ether oxygens (including phenoxy) is 1. The molecule has 1 N–H and O–H groups in total. The smallest absolute Gasteiger partial charge is 0.146 e. The van der Waals surface area contributed by atoms with Crippen LogP contribution in [0, 0.1) is 5.82 Å². The van der Waals surface area contributed by atoms with Crippen LogP contribution in [-0.2, 0) is 0 Å². The van der Waals surface area contributed by atoms with Gasteiger partial charge >= 0.3 is 0 Å². The minimum Gasteiger partial charge on any atom is -0.482 e. The molecule has 0 spiro atoms. The molecular formula is C14H9Cl3FNO. The van der Waals surface area contributed by atoms with Crippen molar-refractivity contribution in [2.24, 2.45) is 0 Å². The number of hydrogen-bond acceptors (Lipinski definition) is 2. The minimum atomic E-state index is -0.523. The Balaban J connectivity index is 1.96. The Kier molecular flexibility index (Phi) is 3.67. The lowest BCUT2D eigenvalue weighted by molar-refractivity contribution is 0.209. The largest absolute Gasteiger partial charge is 0.482 e. The van der Waals surface area contributed by atoms with Crippen LogP contribution < -0.4 is 10.1 Å². The summed E-state index contributed by atoms with van der Waals surface area (Å²) in [5.41, 5.74) is 1.42. The lowest BCUT2D eigenvalue weighted by Crippen LogP contribution is -2.24. The number of halogens is 4. The molecule has 0 saturated heterocycles. The fraction of sp³-hybridized carbons (Fsp3) is 0.143. The number of benzene rings is 2. The molecule has 1 aliphatic rings. The summed E-state index contributed by atoms with van der Waals surface area (Å²) >= 11 is 17.9. The molecular weight excluding hydrogens is 324 g/mol. The highest BCUT2D eigenvalue weighted by Crippen LogP contribution is 2.39. The van der Waals surface area contributed by atoms with Crippen LogP contribution in [0.2, 0.25) is 15.1 Å². The molecule has 2 nitrogen and oxygen atoms in total. The zero-order valence-electron chi connectivity index (χ0n) is 10.1. The van der Waals surface area contributed by atoms with Crippen molar-refractivity contribution in [3.63, 3.8) is 0 Å². The molecule has 6 heteroatoms. The van der Waals surface area contributed by atoms with Crippen LogP contribution in [0.5, 0.6) is 5.75 Å². The zero-order valence-corrected chi connectivity index (χ0v) is 12.4. The molecule has 0 bridgehead atoms. The van der Waals surface area contributed by atoms with Gasteiger partial charge in [0, 0.05) is 11.6 Å². The van der Waals surface area contributed by atoms with Gasteiger partial charge in [-0.1, -0.05) is 46.9 Å². The van der Waals surface area contributed by atoms with Crippen molar-refractivity contribution in [3.05, 3.63) is 56.8 Å². The lowest BCUT2D eigenvalue weighted by atomic mass is 10.1. The van der Waals surface area contributed by atoms with Crippen LogP contribution in [-0.4, -0.2) is 6.54 Å². The van der Waals surface area contributed by atoms with Crippen LogP contribution in [0.3, 0.4) is 0 Å². The SMILES string of the molecule is Fc1cc2c(cc1Cl)NCC(c1cccc(Cl)c1Cl)O2. The maximum atomic E-state index is 13.5. The van der Waals surface area contributed by atoms with Crippen molar-refractivity contribution in [1.82, 2.24) is 0 Å². The average Bonchev–Trinajstić information content (AvgIpc) is 2.43. The number of nitrogens with one attached hydrogen (secondary N) is 1. The third-order valence-corrected chi connectivity index (χ3v) is 4.22. The Morgan fingerprint density at radius 1 is 1.15 bits per heavy atom. The van der Waals surface area contributed by atoms with E-state index >= 15 is 0 Å². The van der Waals surface area contributed by atoms with Gasteiger partial charge in [0.1, 0.15) is 17.7 Å². The van der Waals surface area contributed by atoms with Crippen LogP contribution >= 0.6 is 34.8 Å². The van der Waals surface area contributed by atoms with Gasteiger partial charge < -0.3 is 10.1 Å². The molecule has 0 aromatic heterocycles. The summed E-state index contributed by atoms with van der Waals surface area (Å²) in [4.78, 5) is 0. The van der Waals surface area contributed by atoms with Crippen molar-refractivity contribution in [2.45, 2.75) is 6.10 Å². The van der Waals surface area contributed by atoms with Gasteiger partial charge in [-0.3, -0.25) is 0 Å². The fourth-order valence-electron chi connectivity index (χ4n) is 2.10. The summed E-state index contributed by atoms with van der Waals surface area (Å²) in [5.74, 6) is -0.121. The number of anilines is 1. The Labute approximate surface area is 130 Å². The molecule has 0 amide bonds. The van der Waals surface area contributed by atoms with Gasteiger partial charge in [0.2, 0.25) is 0 Å². The van der Waals surface area contributed by atoms with Gasteiger partial charge in [-0.05, 0) is 12.1 Å². The fourth-order valence-corrected chi connectivity index (χ4v) is 2.70. The molecule has 1 atom stereocenters. The first-order valence-electron chi connectivity index (χ1n) is 5.89. The molecule has 2 aromatic carbocycles. The van der Waals surface area contributed by atoms with E-state index in [9.17, 15) is 4.39 Å². The van der Waals surface area contributed by atoms with E-state index in [0.717, 1.165) is 5.56 Å². The average molecular weight is 333 g/mol. The minimum absolute atomic E-state index is 0.0547. The van der Waals surface area contributed by atoms with E-state index < -0.39 is 5.82 Å². The molecule has 0 saturated carbocycles. The third-order valence-electron chi connectivity index (χ3n) is 3.10. The van der Waals surface area contributed by atoms with Crippen LogP contribution in [0.25, 0.3) is 0 Å². The molecule has 3 rings (SSSR count). The first kappa shape index (κ1) is 13.8. The first-order valence-corrected chi connectivity index (χ1v) is 7.03. The van der Waals surface area contributed by atoms with E-state index in [0.29, 0.717) is 28.0 Å². The zero-order chi connectivity index (χ0) is 14.3. The van der Waals surface area contributed by atoms with Crippen molar-refractivity contribution >= 4 is 40.5 Å². The van der Waals surface area contributed by atoms with Crippen molar-refractivity contribution in [1.29, 1.82) is 0 Å². The van der Waals surface area contributed by atoms with Crippen LogP contribution in [0.1, 0.15) is 11.7 Å². The summed E-state index contributed by atoms with van der Waals surface area (Å²) in [6.45, 7) is 0.495. The normalized spacial score (nSPS) is 17.1. The summed E-state index contributed by atoms with van der Waals surface area (Å²) < 4.78 is 19.3. The molecule has 0 aliphatic carbocycles. The molecule has 20 heavy (non-hydrogen) atoms. The Morgan fingerprint density at radius 3 is 2.75 bits per heavy atom. The first-order chi connectivity index (χ1) is 9.56. The highest BCUT2D eigenvalue weighted by Gasteiger charge is 2.24. The third kappa shape index (κ3) is 2.41. The Hall–Kier alpha value is -1.16. The lowest BCUT2D eigenvalue weighted by Gasteiger charge is -2.28. The summed E-state index contributed by atoms with van der Waals surface area (Å²) in [6, 6.07) is 8.09. The molecule has 104 valence electrons. The molecule has 1 unspecified atom stereocenters. The van der Waals surface area contributed by atoms with E-state index in [2.05, 4.69) is 5.32 Å². The number of hydrogen-bond donors (Lipinski definition) is 1. The topological polar surface area (TPSA) is 21.3 Å². The summed E-state index contributed by atoms with van der Waals surface area (Å²) in [7, 11) is 0. The summed E-state index contributed by atoms with van der Waals surface area (Å²) in [6.07, 6.45) is -0.339. The van der Waals surface area contributed by atoms with Gasteiger partial charge in [0.15, 0.2) is 0 Å². The van der Waals surface area contributed by atoms with Gasteiger partial charge in [-0.2, -0.15) is 0 Å². The van der Waals surface area contributed by atoms with E-state index in [1.54, 1.807) is 12.1 Å². The predicted octanol–water partition coefficient (Wildman–Crippen LogP) is 5.33. The molecule has 0 fully saturated rings.